The van der Waals surface area contributed by atoms with Crippen LogP contribution < -0.4 is 5.32 Å². The minimum absolute atomic E-state index is 0.0989. The molecule has 1 fully saturated rings. The molecule has 5 nitrogen and oxygen atoms in total. The highest BCUT2D eigenvalue weighted by molar-refractivity contribution is 9.10. The van der Waals surface area contributed by atoms with E-state index in [0.717, 1.165) is 29.7 Å². The average Bonchev–Trinajstić information content (AvgIpc) is 3.03. The van der Waals surface area contributed by atoms with Crippen molar-refractivity contribution >= 4 is 22.0 Å². The van der Waals surface area contributed by atoms with Crippen LogP contribution in [0.4, 0.5) is 4.79 Å². The van der Waals surface area contributed by atoms with E-state index in [2.05, 4.69) is 28.2 Å². The Kier molecular flexibility index (Phi) is 5.55. The standard InChI is InChI=1S/C16H25BrN2O3/c1-5-18-13(14-12(17)7-9-21-14)11-6-8-19(10-11)15(20)22-16(2,3)4/h7,9,11,13,18H,5-6,8,10H2,1-4H3. The SMILES string of the molecule is CCNC(c1occc1Br)C1CCN(C(=O)OC(C)(C)C)C1. The van der Waals surface area contributed by atoms with Gasteiger partial charge in [-0.25, -0.2) is 4.79 Å². The summed E-state index contributed by atoms with van der Waals surface area (Å²) >= 11 is 3.53. The number of carbonyl (C=O) groups excluding carboxylic acids is 1. The molecule has 0 aliphatic carbocycles. The molecule has 1 aromatic rings. The van der Waals surface area contributed by atoms with Gasteiger partial charge >= 0.3 is 6.09 Å². The molecule has 0 spiro atoms. The Balaban J connectivity index is 2.04. The summed E-state index contributed by atoms with van der Waals surface area (Å²) < 4.78 is 12.0. The predicted octanol–water partition coefficient (Wildman–Crippen LogP) is 3.95. The van der Waals surface area contributed by atoms with Crippen molar-refractivity contribution in [3.63, 3.8) is 0 Å². The van der Waals surface area contributed by atoms with Crippen molar-refractivity contribution in [1.82, 2.24) is 10.2 Å². The van der Waals surface area contributed by atoms with Crippen LogP contribution in [0.5, 0.6) is 0 Å². The first-order valence-electron chi connectivity index (χ1n) is 7.76. The number of ether oxygens (including phenoxy) is 1. The van der Waals surface area contributed by atoms with Crippen LogP contribution in [0.2, 0.25) is 0 Å². The Morgan fingerprint density at radius 2 is 2.32 bits per heavy atom. The first-order valence-corrected chi connectivity index (χ1v) is 8.55. The zero-order valence-electron chi connectivity index (χ0n) is 13.7. The Labute approximate surface area is 140 Å². The summed E-state index contributed by atoms with van der Waals surface area (Å²) in [6, 6.07) is 2.00. The van der Waals surface area contributed by atoms with Crippen LogP contribution in [0.3, 0.4) is 0 Å². The van der Waals surface area contributed by atoms with Crippen molar-refractivity contribution in [2.45, 2.75) is 45.8 Å². The zero-order chi connectivity index (χ0) is 16.3. The van der Waals surface area contributed by atoms with Gasteiger partial charge in [-0.3, -0.25) is 0 Å². The lowest BCUT2D eigenvalue weighted by Crippen LogP contribution is -2.36. The number of carbonyl (C=O) groups is 1. The number of rotatable bonds is 4. The lowest BCUT2D eigenvalue weighted by molar-refractivity contribution is 0.0284. The van der Waals surface area contributed by atoms with Gasteiger partial charge in [-0.1, -0.05) is 6.92 Å². The van der Waals surface area contributed by atoms with E-state index in [1.165, 1.54) is 0 Å². The topological polar surface area (TPSA) is 54.7 Å². The van der Waals surface area contributed by atoms with Crippen LogP contribution in [0.1, 0.15) is 45.9 Å². The summed E-state index contributed by atoms with van der Waals surface area (Å²) in [4.78, 5) is 14.0. The molecule has 1 aliphatic rings. The number of hydrogen-bond acceptors (Lipinski definition) is 4. The number of likely N-dealkylation sites (tertiary alicyclic amines) is 1. The van der Waals surface area contributed by atoms with E-state index >= 15 is 0 Å². The van der Waals surface area contributed by atoms with Crippen molar-refractivity contribution in [2.24, 2.45) is 5.92 Å². The van der Waals surface area contributed by atoms with Gasteiger partial charge in [0.1, 0.15) is 11.4 Å². The summed E-state index contributed by atoms with van der Waals surface area (Å²) in [7, 11) is 0. The van der Waals surface area contributed by atoms with Crippen LogP contribution in [0.15, 0.2) is 21.2 Å². The second-order valence-corrected chi connectivity index (χ2v) is 7.50. The molecule has 0 aromatic carbocycles. The van der Waals surface area contributed by atoms with E-state index in [-0.39, 0.29) is 12.1 Å². The molecule has 2 unspecified atom stereocenters. The molecular weight excluding hydrogens is 348 g/mol. The molecule has 1 aliphatic heterocycles. The van der Waals surface area contributed by atoms with E-state index in [1.807, 2.05) is 26.8 Å². The number of furan rings is 1. The van der Waals surface area contributed by atoms with E-state index in [0.29, 0.717) is 12.5 Å². The fourth-order valence-corrected chi connectivity index (χ4v) is 3.22. The normalized spacial score (nSPS) is 20.2. The highest BCUT2D eigenvalue weighted by atomic mass is 79.9. The van der Waals surface area contributed by atoms with E-state index in [9.17, 15) is 4.79 Å². The van der Waals surface area contributed by atoms with Gasteiger partial charge in [0.15, 0.2) is 0 Å². The van der Waals surface area contributed by atoms with Crippen LogP contribution in [-0.4, -0.2) is 36.2 Å². The predicted molar refractivity (Wildman–Crippen MR) is 88.7 cm³/mol. The maximum absolute atomic E-state index is 12.2. The van der Waals surface area contributed by atoms with Crippen molar-refractivity contribution in [1.29, 1.82) is 0 Å². The Morgan fingerprint density at radius 3 is 2.86 bits per heavy atom. The summed E-state index contributed by atoms with van der Waals surface area (Å²) in [5.41, 5.74) is -0.458. The first kappa shape index (κ1) is 17.3. The molecule has 22 heavy (non-hydrogen) atoms. The summed E-state index contributed by atoms with van der Waals surface area (Å²) in [5, 5.41) is 3.47. The Hall–Kier alpha value is -1.01. The van der Waals surface area contributed by atoms with E-state index in [1.54, 1.807) is 11.2 Å². The molecule has 0 radical (unpaired) electrons. The van der Waals surface area contributed by atoms with Crippen LogP contribution in [0, 0.1) is 5.92 Å². The molecule has 1 amide bonds. The first-order chi connectivity index (χ1) is 10.3. The number of nitrogens with one attached hydrogen (secondary N) is 1. The Morgan fingerprint density at radius 1 is 1.59 bits per heavy atom. The number of halogens is 1. The molecule has 2 heterocycles. The van der Waals surface area contributed by atoms with Crippen molar-refractivity contribution in [3.05, 3.63) is 22.6 Å². The molecule has 1 N–H and O–H groups in total. The number of nitrogens with zero attached hydrogens (tertiary/aromatic N) is 1. The van der Waals surface area contributed by atoms with E-state index in [4.69, 9.17) is 9.15 Å². The second kappa shape index (κ2) is 7.04. The highest BCUT2D eigenvalue weighted by Gasteiger charge is 2.36. The van der Waals surface area contributed by atoms with Gasteiger partial charge in [0, 0.05) is 19.0 Å². The molecule has 1 saturated heterocycles. The minimum Gasteiger partial charge on any atom is -0.466 e. The summed E-state index contributed by atoms with van der Waals surface area (Å²) in [5.74, 6) is 1.22. The van der Waals surface area contributed by atoms with Crippen molar-refractivity contribution in [3.8, 4) is 0 Å². The lowest BCUT2D eigenvalue weighted by atomic mass is 9.96. The van der Waals surface area contributed by atoms with Gasteiger partial charge in [-0.05, 0) is 55.7 Å². The van der Waals surface area contributed by atoms with Crippen molar-refractivity contribution in [2.75, 3.05) is 19.6 Å². The fraction of sp³-hybridized carbons (Fsp3) is 0.688. The second-order valence-electron chi connectivity index (χ2n) is 6.64. The maximum Gasteiger partial charge on any atom is 0.410 e. The van der Waals surface area contributed by atoms with Gasteiger partial charge in [0.2, 0.25) is 0 Å². The quantitative estimate of drug-likeness (QED) is 0.868. The molecule has 0 bridgehead atoms. The third-order valence-electron chi connectivity index (χ3n) is 3.70. The van der Waals surface area contributed by atoms with Crippen LogP contribution >= 0.6 is 15.9 Å². The molecule has 0 saturated carbocycles. The molecule has 2 rings (SSSR count). The van der Waals surface area contributed by atoms with E-state index < -0.39 is 5.60 Å². The van der Waals surface area contributed by atoms with Gasteiger partial charge in [-0.15, -0.1) is 0 Å². The third-order valence-corrected chi connectivity index (χ3v) is 4.35. The monoisotopic (exact) mass is 372 g/mol. The lowest BCUT2D eigenvalue weighted by Gasteiger charge is -2.26. The summed E-state index contributed by atoms with van der Waals surface area (Å²) in [6.07, 6.45) is 2.39. The zero-order valence-corrected chi connectivity index (χ0v) is 15.3. The van der Waals surface area contributed by atoms with Gasteiger partial charge in [-0.2, -0.15) is 0 Å². The van der Waals surface area contributed by atoms with Crippen LogP contribution in [-0.2, 0) is 4.74 Å². The van der Waals surface area contributed by atoms with Crippen LogP contribution in [0.25, 0.3) is 0 Å². The van der Waals surface area contributed by atoms with Gasteiger partial charge < -0.3 is 19.4 Å². The highest BCUT2D eigenvalue weighted by Crippen LogP contribution is 2.34. The largest absolute Gasteiger partial charge is 0.466 e. The molecule has 124 valence electrons. The Bertz CT molecular complexity index is 510. The molecule has 2 atom stereocenters. The molecule has 1 aromatic heterocycles. The van der Waals surface area contributed by atoms with Crippen molar-refractivity contribution < 1.29 is 13.9 Å². The minimum atomic E-state index is -0.458. The molecular formula is C16H25BrN2O3. The van der Waals surface area contributed by atoms with Gasteiger partial charge in [0.05, 0.1) is 16.8 Å². The number of hydrogen-bond donors (Lipinski definition) is 1. The average molecular weight is 373 g/mol. The van der Waals surface area contributed by atoms with Gasteiger partial charge in [0.25, 0.3) is 0 Å². The smallest absolute Gasteiger partial charge is 0.410 e. The third kappa shape index (κ3) is 4.26. The maximum atomic E-state index is 12.2. The summed E-state index contributed by atoms with van der Waals surface area (Å²) in [6.45, 7) is 9.99. The number of amides is 1. The fourth-order valence-electron chi connectivity index (χ4n) is 2.77. The molecule has 6 heteroatoms.